The molecule has 0 spiro atoms. The van der Waals surface area contributed by atoms with Crippen LogP contribution in [-0.4, -0.2) is 5.11 Å². The van der Waals surface area contributed by atoms with Crippen molar-refractivity contribution in [2.24, 2.45) is 0 Å². The predicted octanol–water partition coefficient (Wildman–Crippen LogP) is 3.15. The minimum Gasteiger partial charge on any atom is -0.508 e. The molecule has 0 fully saturated rings. The van der Waals surface area contributed by atoms with Crippen LogP contribution in [0.3, 0.4) is 0 Å². The van der Waals surface area contributed by atoms with Crippen molar-refractivity contribution in [3.8, 4) is 5.75 Å². The fourth-order valence-electron chi connectivity index (χ4n) is 2.15. The Hall–Kier alpha value is -1.87. The fourth-order valence-corrected chi connectivity index (χ4v) is 2.15. The molecule has 0 aliphatic carbocycles. The van der Waals surface area contributed by atoms with Gasteiger partial charge in [0.1, 0.15) is 17.7 Å². The quantitative estimate of drug-likeness (QED) is 0.815. The summed E-state index contributed by atoms with van der Waals surface area (Å²) < 4.78 is 18.5. The Bertz CT molecular complexity index is 549. The summed E-state index contributed by atoms with van der Waals surface area (Å²) in [5, 5.41) is 9.38. The SMILES string of the molecule is Oc1ccc2c(c1)COC2c1ccc(F)cc1. The van der Waals surface area contributed by atoms with Gasteiger partial charge < -0.3 is 9.84 Å². The Morgan fingerprint density at radius 1 is 1.12 bits per heavy atom. The minimum atomic E-state index is -0.252. The summed E-state index contributed by atoms with van der Waals surface area (Å²) in [6.45, 7) is 0.478. The molecule has 1 N–H and O–H groups in total. The van der Waals surface area contributed by atoms with E-state index >= 15 is 0 Å². The second-order valence-electron chi connectivity index (χ2n) is 4.13. The van der Waals surface area contributed by atoms with Gasteiger partial charge in [0.2, 0.25) is 0 Å². The summed E-state index contributed by atoms with van der Waals surface area (Å²) in [6.07, 6.45) is -0.161. The Morgan fingerprint density at radius 3 is 2.65 bits per heavy atom. The molecule has 86 valence electrons. The molecular weight excluding hydrogens is 219 g/mol. The lowest BCUT2D eigenvalue weighted by Crippen LogP contribution is -1.98. The lowest BCUT2D eigenvalue weighted by molar-refractivity contribution is 0.0938. The molecule has 1 heterocycles. The Morgan fingerprint density at radius 2 is 1.88 bits per heavy atom. The third-order valence-electron chi connectivity index (χ3n) is 2.99. The van der Waals surface area contributed by atoms with E-state index in [4.69, 9.17) is 4.74 Å². The molecule has 2 aromatic rings. The number of aromatic hydroxyl groups is 1. The van der Waals surface area contributed by atoms with Crippen molar-refractivity contribution in [2.75, 3.05) is 0 Å². The third kappa shape index (κ3) is 1.78. The highest BCUT2D eigenvalue weighted by Gasteiger charge is 2.24. The van der Waals surface area contributed by atoms with E-state index in [1.165, 1.54) is 12.1 Å². The number of hydrogen-bond donors (Lipinski definition) is 1. The second-order valence-corrected chi connectivity index (χ2v) is 4.13. The molecule has 1 aliphatic heterocycles. The van der Waals surface area contributed by atoms with Crippen molar-refractivity contribution in [3.63, 3.8) is 0 Å². The standard InChI is InChI=1S/C14H11FO2/c15-11-3-1-9(2-4-11)14-13-6-5-12(16)7-10(13)8-17-14/h1-7,14,16H,8H2. The smallest absolute Gasteiger partial charge is 0.123 e. The van der Waals surface area contributed by atoms with Crippen LogP contribution in [0.2, 0.25) is 0 Å². The zero-order valence-electron chi connectivity index (χ0n) is 9.06. The molecule has 3 rings (SSSR count). The van der Waals surface area contributed by atoms with Gasteiger partial charge in [0.15, 0.2) is 0 Å². The maximum Gasteiger partial charge on any atom is 0.123 e. The van der Waals surface area contributed by atoms with Gasteiger partial charge in [0.05, 0.1) is 6.61 Å². The first-order chi connectivity index (χ1) is 8.24. The molecule has 2 aromatic carbocycles. The van der Waals surface area contributed by atoms with E-state index < -0.39 is 0 Å². The van der Waals surface area contributed by atoms with E-state index in [9.17, 15) is 9.50 Å². The molecule has 1 unspecified atom stereocenters. The monoisotopic (exact) mass is 230 g/mol. The number of ether oxygens (including phenoxy) is 1. The predicted molar refractivity (Wildman–Crippen MR) is 61.1 cm³/mol. The van der Waals surface area contributed by atoms with Gasteiger partial charge >= 0.3 is 0 Å². The lowest BCUT2D eigenvalue weighted by Gasteiger charge is -2.11. The van der Waals surface area contributed by atoms with E-state index in [0.717, 1.165) is 16.7 Å². The van der Waals surface area contributed by atoms with Crippen LogP contribution < -0.4 is 0 Å². The number of rotatable bonds is 1. The van der Waals surface area contributed by atoms with E-state index in [2.05, 4.69) is 0 Å². The van der Waals surface area contributed by atoms with Crippen molar-refractivity contribution < 1.29 is 14.2 Å². The van der Waals surface area contributed by atoms with Gasteiger partial charge in [-0.2, -0.15) is 0 Å². The van der Waals surface area contributed by atoms with E-state index in [1.54, 1.807) is 24.3 Å². The van der Waals surface area contributed by atoms with Crippen LogP contribution in [0.25, 0.3) is 0 Å². The van der Waals surface area contributed by atoms with Gasteiger partial charge in [-0.3, -0.25) is 0 Å². The van der Waals surface area contributed by atoms with Crippen LogP contribution >= 0.6 is 0 Å². The van der Waals surface area contributed by atoms with Crippen molar-refractivity contribution in [1.29, 1.82) is 0 Å². The maximum atomic E-state index is 12.8. The maximum absolute atomic E-state index is 12.8. The van der Waals surface area contributed by atoms with E-state index in [-0.39, 0.29) is 17.7 Å². The third-order valence-corrected chi connectivity index (χ3v) is 2.99. The molecule has 3 heteroatoms. The van der Waals surface area contributed by atoms with Crippen LogP contribution in [0.4, 0.5) is 4.39 Å². The summed E-state index contributed by atoms with van der Waals surface area (Å²) in [5.74, 6) is -0.00946. The number of phenols is 1. The van der Waals surface area contributed by atoms with Crippen molar-refractivity contribution >= 4 is 0 Å². The van der Waals surface area contributed by atoms with Crippen molar-refractivity contribution in [1.82, 2.24) is 0 Å². The van der Waals surface area contributed by atoms with Crippen LogP contribution in [0.5, 0.6) is 5.75 Å². The highest BCUT2D eigenvalue weighted by atomic mass is 19.1. The normalized spacial score (nSPS) is 18.1. The molecule has 0 saturated carbocycles. The molecule has 0 radical (unpaired) electrons. The van der Waals surface area contributed by atoms with Crippen LogP contribution in [0.1, 0.15) is 22.8 Å². The van der Waals surface area contributed by atoms with Gasteiger partial charge in [0, 0.05) is 0 Å². The van der Waals surface area contributed by atoms with Gasteiger partial charge in [-0.25, -0.2) is 4.39 Å². The van der Waals surface area contributed by atoms with Gasteiger partial charge in [0.25, 0.3) is 0 Å². The summed E-state index contributed by atoms with van der Waals surface area (Å²) in [6, 6.07) is 11.5. The molecule has 0 saturated heterocycles. The Kier molecular flexibility index (Phi) is 2.34. The molecule has 1 atom stereocenters. The molecular formula is C14H11FO2. The number of hydrogen-bond acceptors (Lipinski definition) is 2. The molecule has 0 amide bonds. The number of phenolic OH excluding ortho intramolecular Hbond substituents is 1. The molecule has 0 bridgehead atoms. The summed E-state index contributed by atoms with van der Waals surface area (Å²) >= 11 is 0. The largest absolute Gasteiger partial charge is 0.508 e. The molecule has 2 nitrogen and oxygen atoms in total. The minimum absolute atomic E-state index is 0.161. The van der Waals surface area contributed by atoms with Crippen molar-refractivity contribution in [2.45, 2.75) is 12.7 Å². The number of benzene rings is 2. The molecule has 1 aliphatic rings. The molecule has 17 heavy (non-hydrogen) atoms. The Labute approximate surface area is 98.3 Å². The second kappa shape index (κ2) is 3.86. The fraction of sp³-hybridized carbons (Fsp3) is 0.143. The summed E-state index contributed by atoms with van der Waals surface area (Å²) in [7, 11) is 0. The topological polar surface area (TPSA) is 29.5 Å². The first-order valence-electron chi connectivity index (χ1n) is 5.43. The van der Waals surface area contributed by atoms with Crippen LogP contribution in [-0.2, 0) is 11.3 Å². The first-order valence-corrected chi connectivity index (χ1v) is 5.43. The summed E-state index contributed by atoms with van der Waals surface area (Å²) in [5.41, 5.74) is 2.95. The highest BCUT2D eigenvalue weighted by Crippen LogP contribution is 2.37. The van der Waals surface area contributed by atoms with Gasteiger partial charge in [-0.15, -0.1) is 0 Å². The summed E-state index contributed by atoms with van der Waals surface area (Å²) in [4.78, 5) is 0. The zero-order valence-corrected chi connectivity index (χ0v) is 9.06. The molecule has 0 aromatic heterocycles. The number of fused-ring (bicyclic) bond motifs is 1. The van der Waals surface area contributed by atoms with Gasteiger partial charge in [-0.05, 0) is 41.0 Å². The van der Waals surface area contributed by atoms with Crippen LogP contribution in [0, 0.1) is 5.82 Å². The highest BCUT2D eigenvalue weighted by molar-refractivity contribution is 5.42. The average molecular weight is 230 g/mol. The van der Waals surface area contributed by atoms with E-state index in [1.807, 2.05) is 6.07 Å². The van der Waals surface area contributed by atoms with Crippen LogP contribution in [0.15, 0.2) is 42.5 Å². The Balaban J connectivity index is 2.01. The number of halogens is 1. The van der Waals surface area contributed by atoms with Crippen molar-refractivity contribution in [3.05, 3.63) is 65.0 Å². The lowest BCUT2D eigenvalue weighted by atomic mass is 9.99. The van der Waals surface area contributed by atoms with Gasteiger partial charge in [-0.1, -0.05) is 18.2 Å². The zero-order chi connectivity index (χ0) is 11.8. The first kappa shape index (κ1) is 10.3. The van der Waals surface area contributed by atoms with E-state index in [0.29, 0.717) is 6.61 Å². The average Bonchev–Trinajstić information content (AvgIpc) is 2.73.